The van der Waals surface area contributed by atoms with Gasteiger partial charge in [-0.05, 0) is 25.0 Å². The van der Waals surface area contributed by atoms with E-state index < -0.39 is 0 Å². The third kappa shape index (κ3) is 5.82. The van der Waals surface area contributed by atoms with Crippen LogP contribution in [0.2, 0.25) is 0 Å². The minimum absolute atomic E-state index is 0.0103. The van der Waals surface area contributed by atoms with Gasteiger partial charge in [0.2, 0.25) is 0 Å². The second kappa shape index (κ2) is 8.57. The van der Waals surface area contributed by atoms with Gasteiger partial charge in [0, 0.05) is 18.2 Å². The van der Waals surface area contributed by atoms with Crippen LogP contribution in [0.1, 0.15) is 39.1 Å². The van der Waals surface area contributed by atoms with Crippen molar-refractivity contribution in [3.8, 4) is 0 Å². The van der Waals surface area contributed by atoms with Crippen molar-refractivity contribution in [2.75, 3.05) is 5.32 Å². The minimum Gasteiger partial charge on any atom is -0.306 e. The number of carbonyl (C=O) groups excluding carboxylic acids is 1. The number of nitrogens with one attached hydrogen (secondary N) is 2. The van der Waals surface area contributed by atoms with Crippen molar-refractivity contribution in [1.29, 1.82) is 0 Å². The van der Waals surface area contributed by atoms with E-state index in [2.05, 4.69) is 36.0 Å². The number of nitrogens with zero attached hydrogens (tertiary/aromatic N) is 5. The normalized spacial score (nSPS) is 12.4. The van der Waals surface area contributed by atoms with Crippen molar-refractivity contribution >= 4 is 17.5 Å². The molecule has 134 valence electrons. The summed E-state index contributed by atoms with van der Waals surface area (Å²) in [5.41, 5.74) is 0.985. The maximum atomic E-state index is 12.4. The molecule has 0 spiro atoms. The zero-order chi connectivity index (χ0) is 18.4. The lowest BCUT2D eigenvalue weighted by Crippen LogP contribution is -2.44. The van der Waals surface area contributed by atoms with Crippen molar-refractivity contribution in [3.63, 3.8) is 0 Å². The van der Waals surface area contributed by atoms with Crippen molar-refractivity contribution in [3.05, 3.63) is 29.7 Å². The van der Waals surface area contributed by atoms with Crippen LogP contribution in [-0.2, 0) is 11.2 Å². The summed E-state index contributed by atoms with van der Waals surface area (Å²) in [6.07, 6.45) is 2.35. The Balaban J connectivity index is 2.04. The van der Waals surface area contributed by atoms with Gasteiger partial charge in [0.1, 0.15) is 5.82 Å². The molecule has 25 heavy (non-hydrogen) atoms. The highest BCUT2D eigenvalue weighted by Crippen LogP contribution is 2.12. The van der Waals surface area contributed by atoms with Crippen molar-refractivity contribution < 1.29 is 4.79 Å². The van der Waals surface area contributed by atoms with E-state index >= 15 is 0 Å². The highest BCUT2D eigenvalue weighted by molar-refractivity contribution is 5.86. The molecule has 0 fully saturated rings. The van der Waals surface area contributed by atoms with E-state index in [-0.39, 0.29) is 23.8 Å². The topological polar surface area (TPSA) is 106 Å². The molecule has 2 heterocycles. The smallest absolute Gasteiger partial charge is 0.267 e. The Labute approximate surface area is 147 Å². The Kier molecular flexibility index (Phi) is 6.46. The molecule has 2 aromatic heterocycles. The molecule has 2 rings (SSSR count). The molecule has 0 unspecified atom stereocenters. The summed E-state index contributed by atoms with van der Waals surface area (Å²) in [5, 5.41) is 21.7. The van der Waals surface area contributed by atoms with Gasteiger partial charge in [0.05, 0.1) is 6.04 Å². The number of rotatable bonds is 8. The number of aromatic nitrogens is 5. The molecule has 0 bridgehead atoms. The highest BCUT2D eigenvalue weighted by atomic mass is 16.1. The van der Waals surface area contributed by atoms with Gasteiger partial charge in [-0.1, -0.05) is 33.8 Å². The van der Waals surface area contributed by atoms with Gasteiger partial charge in [0.15, 0.2) is 11.6 Å². The van der Waals surface area contributed by atoms with Crippen LogP contribution >= 0.6 is 0 Å². The van der Waals surface area contributed by atoms with Crippen LogP contribution in [0.3, 0.4) is 0 Å². The Morgan fingerprint density at radius 1 is 1.08 bits per heavy atom. The Morgan fingerprint density at radius 2 is 1.76 bits per heavy atom. The van der Waals surface area contributed by atoms with E-state index in [1.54, 1.807) is 13.1 Å². The van der Waals surface area contributed by atoms with Crippen LogP contribution in [0.4, 0.5) is 11.8 Å². The second-order valence-corrected chi connectivity index (χ2v) is 6.58. The summed E-state index contributed by atoms with van der Waals surface area (Å²) in [4.78, 5) is 16.7. The molecule has 8 nitrogen and oxygen atoms in total. The van der Waals surface area contributed by atoms with Crippen molar-refractivity contribution in [2.24, 2.45) is 5.92 Å². The average Bonchev–Trinajstić information content (AvgIpc) is 2.57. The molecular formula is C17H25N7O. The maximum absolute atomic E-state index is 12.4. The lowest BCUT2D eigenvalue weighted by molar-refractivity contribution is -0.124. The van der Waals surface area contributed by atoms with E-state index in [1.165, 1.54) is 0 Å². The number of aryl methyl sites for hydroxylation is 1. The number of hydrogen-bond acceptors (Lipinski definition) is 8. The van der Waals surface area contributed by atoms with Gasteiger partial charge in [0.25, 0.3) is 5.95 Å². The largest absolute Gasteiger partial charge is 0.306 e. The molecule has 0 radical (unpaired) electrons. The van der Waals surface area contributed by atoms with E-state index in [4.69, 9.17) is 0 Å². The van der Waals surface area contributed by atoms with Crippen molar-refractivity contribution in [1.82, 2.24) is 30.7 Å². The van der Waals surface area contributed by atoms with Crippen LogP contribution in [0, 0.1) is 12.8 Å². The molecule has 0 amide bonds. The number of Topliss-reactive ketones (excluding diaryl/α,β-unsaturated/α-hetero) is 1. The molecule has 2 N–H and O–H groups in total. The van der Waals surface area contributed by atoms with E-state index in [9.17, 15) is 4.79 Å². The Bertz CT molecular complexity index is 683. The SMILES string of the molecule is Cc1nnc(Nc2ccc(C[C@H](NC(C)C)C(=O)C(C)C)cn2)nn1. The van der Waals surface area contributed by atoms with Gasteiger partial charge in [-0.15, -0.1) is 20.4 Å². The fourth-order valence-electron chi connectivity index (χ4n) is 2.35. The summed E-state index contributed by atoms with van der Waals surface area (Å²) < 4.78 is 0. The number of hydrogen-bond donors (Lipinski definition) is 2. The monoisotopic (exact) mass is 343 g/mol. The summed E-state index contributed by atoms with van der Waals surface area (Å²) in [5.74, 6) is 1.59. The van der Waals surface area contributed by atoms with E-state index in [1.807, 2.05) is 39.8 Å². The first-order valence-electron chi connectivity index (χ1n) is 8.41. The third-order valence-electron chi connectivity index (χ3n) is 3.53. The van der Waals surface area contributed by atoms with E-state index in [0.29, 0.717) is 24.0 Å². The maximum Gasteiger partial charge on any atom is 0.267 e. The highest BCUT2D eigenvalue weighted by Gasteiger charge is 2.22. The summed E-state index contributed by atoms with van der Waals surface area (Å²) in [7, 11) is 0. The molecule has 0 saturated heterocycles. The molecular weight excluding hydrogens is 318 g/mol. The zero-order valence-electron chi connectivity index (χ0n) is 15.3. The van der Waals surface area contributed by atoms with Crippen LogP contribution in [0.15, 0.2) is 18.3 Å². The minimum atomic E-state index is -0.213. The fraction of sp³-hybridized carbons (Fsp3) is 0.529. The lowest BCUT2D eigenvalue weighted by Gasteiger charge is -2.22. The predicted octanol–water partition coefficient (Wildman–Crippen LogP) is 1.85. The third-order valence-corrected chi connectivity index (χ3v) is 3.53. The molecule has 8 heteroatoms. The molecule has 1 atom stereocenters. The first-order chi connectivity index (χ1) is 11.8. The molecule has 0 aliphatic heterocycles. The fourth-order valence-corrected chi connectivity index (χ4v) is 2.35. The Morgan fingerprint density at radius 3 is 2.28 bits per heavy atom. The predicted molar refractivity (Wildman–Crippen MR) is 95.5 cm³/mol. The average molecular weight is 343 g/mol. The molecule has 0 aliphatic rings. The number of ketones is 1. The lowest BCUT2D eigenvalue weighted by atomic mass is 9.96. The van der Waals surface area contributed by atoms with Gasteiger partial charge in [-0.2, -0.15) is 0 Å². The van der Waals surface area contributed by atoms with Gasteiger partial charge in [-0.3, -0.25) is 4.79 Å². The number of anilines is 2. The van der Waals surface area contributed by atoms with E-state index in [0.717, 1.165) is 5.56 Å². The summed E-state index contributed by atoms with van der Waals surface area (Å²) >= 11 is 0. The zero-order valence-corrected chi connectivity index (χ0v) is 15.3. The first-order valence-corrected chi connectivity index (χ1v) is 8.41. The van der Waals surface area contributed by atoms with Crippen LogP contribution in [0.25, 0.3) is 0 Å². The standard InChI is InChI=1S/C17H25N7O/c1-10(2)16(25)14(19-11(3)4)8-13-6-7-15(18-9-13)20-17-23-21-12(5)22-24-17/h6-7,9-11,14,19H,8H2,1-5H3,(H,18,20,23,24)/t14-/m0/s1. The van der Waals surface area contributed by atoms with Gasteiger partial charge >= 0.3 is 0 Å². The number of pyridine rings is 1. The molecule has 0 aliphatic carbocycles. The summed E-state index contributed by atoms with van der Waals surface area (Å²) in [6.45, 7) is 9.64. The second-order valence-electron chi connectivity index (χ2n) is 6.58. The number of carbonyl (C=O) groups is 1. The van der Waals surface area contributed by atoms with Crippen molar-refractivity contribution in [2.45, 2.75) is 53.1 Å². The molecule has 0 saturated carbocycles. The van der Waals surface area contributed by atoms with Crippen LogP contribution in [-0.4, -0.2) is 43.2 Å². The Hall–Kier alpha value is -2.48. The van der Waals surface area contributed by atoms with Gasteiger partial charge in [-0.25, -0.2) is 4.98 Å². The van der Waals surface area contributed by atoms with Gasteiger partial charge < -0.3 is 10.6 Å². The first kappa shape index (κ1) is 18.9. The van der Waals surface area contributed by atoms with Crippen LogP contribution in [0.5, 0.6) is 0 Å². The summed E-state index contributed by atoms with van der Waals surface area (Å²) in [6, 6.07) is 3.78. The molecule has 0 aromatic carbocycles. The van der Waals surface area contributed by atoms with Crippen LogP contribution < -0.4 is 10.6 Å². The quantitative estimate of drug-likeness (QED) is 0.748. The molecule has 2 aromatic rings.